The molecule has 2 aromatic heterocycles. The lowest BCUT2D eigenvalue weighted by atomic mass is 10.3. The van der Waals surface area contributed by atoms with Crippen LogP contribution in [0.2, 0.25) is 0 Å². The van der Waals surface area contributed by atoms with E-state index in [-0.39, 0.29) is 18.2 Å². The number of hydrogen-bond donors (Lipinski definition) is 1. The maximum atomic E-state index is 13.7. The molecule has 1 N–H and O–H groups in total. The van der Waals surface area contributed by atoms with Gasteiger partial charge in [0.2, 0.25) is 5.88 Å². The van der Waals surface area contributed by atoms with Crippen molar-refractivity contribution < 1.29 is 14.2 Å². The number of hydrogen-bond acceptors (Lipinski definition) is 3. The zero-order valence-electron chi connectivity index (χ0n) is 10.3. The second-order valence-corrected chi connectivity index (χ2v) is 5.04. The zero-order chi connectivity index (χ0) is 14.1. The van der Waals surface area contributed by atoms with Gasteiger partial charge in [0.1, 0.15) is 11.3 Å². The first-order chi connectivity index (χ1) is 9.69. The maximum absolute atomic E-state index is 13.7. The number of benzene rings is 1. The number of imidazole rings is 1. The van der Waals surface area contributed by atoms with Crippen molar-refractivity contribution in [1.29, 1.82) is 0 Å². The Morgan fingerprint density at radius 2 is 2.15 bits per heavy atom. The van der Waals surface area contributed by atoms with Gasteiger partial charge in [0.05, 0.1) is 6.61 Å². The normalized spacial score (nSPS) is 10.9. The Bertz CT molecular complexity index is 773. The van der Waals surface area contributed by atoms with Crippen molar-refractivity contribution in [3.8, 4) is 11.6 Å². The average molecular weight is 337 g/mol. The third kappa shape index (κ3) is 2.28. The molecule has 6 heteroatoms. The van der Waals surface area contributed by atoms with Gasteiger partial charge in [-0.3, -0.25) is 4.40 Å². The van der Waals surface area contributed by atoms with Gasteiger partial charge in [-0.1, -0.05) is 22.0 Å². The summed E-state index contributed by atoms with van der Waals surface area (Å²) in [4.78, 5) is 4.25. The van der Waals surface area contributed by atoms with Crippen LogP contribution in [0.15, 0.2) is 47.1 Å². The summed E-state index contributed by atoms with van der Waals surface area (Å²) >= 11 is 3.26. The van der Waals surface area contributed by atoms with Gasteiger partial charge in [-0.25, -0.2) is 4.39 Å². The fourth-order valence-electron chi connectivity index (χ4n) is 1.91. The molecule has 0 amide bonds. The average Bonchev–Trinajstić information content (AvgIpc) is 2.80. The number of rotatable bonds is 3. The van der Waals surface area contributed by atoms with E-state index in [0.717, 1.165) is 0 Å². The summed E-state index contributed by atoms with van der Waals surface area (Å²) in [6, 6.07) is 9.82. The number of fused-ring (bicyclic) bond motifs is 1. The highest BCUT2D eigenvalue weighted by Crippen LogP contribution is 2.29. The fraction of sp³-hybridized carbons (Fsp3) is 0.0714. The summed E-state index contributed by atoms with van der Waals surface area (Å²) in [6.45, 7) is -0.254. The number of aliphatic hydroxyl groups excluding tert-OH is 1. The van der Waals surface area contributed by atoms with Crippen molar-refractivity contribution in [2.24, 2.45) is 0 Å². The molecule has 4 nitrogen and oxygen atoms in total. The predicted molar refractivity (Wildman–Crippen MR) is 75.3 cm³/mol. The van der Waals surface area contributed by atoms with E-state index in [2.05, 4.69) is 20.9 Å². The van der Waals surface area contributed by atoms with Crippen molar-refractivity contribution in [2.45, 2.75) is 6.61 Å². The molecule has 3 aromatic rings. The molecule has 0 spiro atoms. The Kier molecular flexibility index (Phi) is 3.42. The quantitative estimate of drug-likeness (QED) is 0.795. The Balaban J connectivity index is 2.08. The van der Waals surface area contributed by atoms with Crippen LogP contribution in [0.5, 0.6) is 11.6 Å². The van der Waals surface area contributed by atoms with Crippen LogP contribution in [-0.2, 0) is 6.61 Å². The molecule has 0 aliphatic heterocycles. The molecule has 102 valence electrons. The molecule has 1 aromatic carbocycles. The molecular weight excluding hydrogens is 327 g/mol. The monoisotopic (exact) mass is 336 g/mol. The van der Waals surface area contributed by atoms with Crippen LogP contribution in [0.3, 0.4) is 0 Å². The van der Waals surface area contributed by atoms with E-state index in [1.54, 1.807) is 22.7 Å². The third-order valence-corrected chi connectivity index (χ3v) is 3.34. The van der Waals surface area contributed by atoms with E-state index in [4.69, 9.17) is 4.74 Å². The van der Waals surface area contributed by atoms with Crippen LogP contribution >= 0.6 is 15.9 Å². The van der Waals surface area contributed by atoms with Crippen LogP contribution in [0, 0.1) is 5.82 Å². The van der Waals surface area contributed by atoms with Gasteiger partial charge in [0.15, 0.2) is 11.6 Å². The van der Waals surface area contributed by atoms with Gasteiger partial charge < -0.3 is 9.84 Å². The van der Waals surface area contributed by atoms with Crippen molar-refractivity contribution in [3.05, 3.63) is 58.6 Å². The number of pyridine rings is 1. The van der Waals surface area contributed by atoms with Crippen LogP contribution in [0.4, 0.5) is 4.39 Å². The van der Waals surface area contributed by atoms with Crippen molar-refractivity contribution in [1.82, 2.24) is 9.38 Å². The molecule has 0 aliphatic rings. The lowest BCUT2D eigenvalue weighted by Crippen LogP contribution is -1.95. The van der Waals surface area contributed by atoms with Gasteiger partial charge in [0.25, 0.3) is 0 Å². The van der Waals surface area contributed by atoms with E-state index in [1.165, 1.54) is 12.1 Å². The number of aliphatic hydroxyl groups is 1. The van der Waals surface area contributed by atoms with Gasteiger partial charge in [-0.15, -0.1) is 0 Å². The highest BCUT2D eigenvalue weighted by atomic mass is 79.9. The number of nitrogens with zero attached hydrogens (tertiary/aromatic N) is 2. The molecule has 0 unspecified atom stereocenters. The van der Waals surface area contributed by atoms with Crippen molar-refractivity contribution in [2.75, 3.05) is 0 Å². The molecule has 0 aliphatic carbocycles. The fourth-order valence-corrected chi connectivity index (χ4v) is 2.25. The van der Waals surface area contributed by atoms with Crippen molar-refractivity contribution in [3.63, 3.8) is 0 Å². The summed E-state index contributed by atoms with van der Waals surface area (Å²) in [5.41, 5.74) is 1.10. The minimum atomic E-state index is -0.492. The van der Waals surface area contributed by atoms with E-state index < -0.39 is 5.82 Å². The molecule has 3 rings (SSSR count). The molecule has 0 bridgehead atoms. The first-order valence-electron chi connectivity index (χ1n) is 5.89. The van der Waals surface area contributed by atoms with Gasteiger partial charge >= 0.3 is 0 Å². The Labute approximate surface area is 122 Å². The summed E-state index contributed by atoms with van der Waals surface area (Å²) < 4.78 is 21.6. The first kappa shape index (κ1) is 13.1. The molecule has 0 radical (unpaired) electrons. The minimum Gasteiger partial charge on any atom is -0.434 e. The highest BCUT2D eigenvalue weighted by molar-refractivity contribution is 9.10. The molecule has 0 saturated heterocycles. The first-order valence-corrected chi connectivity index (χ1v) is 6.68. The topological polar surface area (TPSA) is 46.8 Å². The van der Waals surface area contributed by atoms with Gasteiger partial charge in [-0.05, 0) is 30.3 Å². The number of ether oxygens (including phenoxy) is 1. The smallest absolute Gasteiger partial charge is 0.244 e. The molecule has 0 atom stereocenters. The Morgan fingerprint density at radius 3 is 2.95 bits per heavy atom. The molecular formula is C14H10BrFN2O2. The number of aromatic nitrogens is 2. The SMILES string of the molecule is OCc1c(Oc2cc(Br)ccc2F)nc2ccccn12. The molecule has 0 fully saturated rings. The van der Waals surface area contributed by atoms with E-state index in [0.29, 0.717) is 15.8 Å². The second kappa shape index (κ2) is 5.22. The van der Waals surface area contributed by atoms with Gasteiger partial charge in [0, 0.05) is 10.7 Å². The molecule has 20 heavy (non-hydrogen) atoms. The summed E-state index contributed by atoms with van der Waals surface area (Å²) in [6.07, 6.45) is 1.76. The van der Waals surface area contributed by atoms with Crippen LogP contribution in [0.1, 0.15) is 5.69 Å². The largest absolute Gasteiger partial charge is 0.434 e. The maximum Gasteiger partial charge on any atom is 0.244 e. The lowest BCUT2D eigenvalue weighted by molar-refractivity contribution is 0.269. The van der Waals surface area contributed by atoms with E-state index in [9.17, 15) is 9.50 Å². The van der Waals surface area contributed by atoms with Crippen LogP contribution in [-0.4, -0.2) is 14.5 Å². The Hall–Kier alpha value is -1.92. The number of halogens is 2. The lowest BCUT2D eigenvalue weighted by Gasteiger charge is -2.06. The summed E-state index contributed by atoms with van der Waals surface area (Å²) in [5, 5.41) is 9.46. The standard InChI is InChI=1S/C14H10BrFN2O2/c15-9-4-5-10(16)12(7-9)20-14-11(8-19)18-6-2-1-3-13(18)17-14/h1-7,19H,8H2. The van der Waals surface area contributed by atoms with Crippen LogP contribution in [0.25, 0.3) is 5.65 Å². The minimum absolute atomic E-state index is 0.0532. The third-order valence-electron chi connectivity index (χ3n) is 2.84. The van der Waals surface area contributed by atoms with E-state index in [1.807, 2.05) is 12.1 Å². The molecule has 0 saturated carbocycles. The van der Waals surface area contributed by atoms with Crippen LogP contribution < -0.4 is 4.74 Å². The van der Waals surface area contributed by atoms with E-state index >= 15 is 0 Å². The highest BCUT2D eigenvalue weighted by Gasteiger charge is 2.15. The summed E-state index contributed by atoms with van der Waals surface area (Å²) in [5.74, 6) is -0.248. The zero-order valence-corrected chi connectivity index (χ0v) is 11.8. The van der Waals surface area contributed by atoms with Crippen molar-refractivity contribution >= 4 is 21.6 Å². The second-order valence-electron chi connectivity index (χ2n) is 4.13. The van der Waals surface area contributed by atoms with Gasteiger partial charge in [-0.2, -0.15) is 4.98 Å². The molecule has 2 heterocycles. The predicted octanol–water partition coefficient (Wildman–Crippen LogP) is 3.52. The summed E-state index contributed by atoms with van der Waals surface area (Å²) in [7, 11) is 0. The Morgan fingerprint density at radius 1 is 1.30 bits per heavy atom.